The van der Waals surface area contributed by atoms with E-state index in [1.54, 1.807) is 17.1 Å². The third kappa shape index (κ3) is 5.54. The van der Waals surface area contributed by atoms with E-state index in [9.17, 15) is 4.79 Å². The van der Waals surface area contributed by atoms with Crippen molar-refractivity contribution in [2.75, 3.05) is 17.2 Å². The summed E-state index contributed by atoms with van der Waals surface area (Å²) in [6.45, 7) is 0.390. The fourth-order valence-electron chi connectivity index (χ4n) is 3.75. The molecule has 0 spiro atoms. The Morgan fingerprint density at radius 1 is 1.22 bits per heavy atom. The van der Waals surface area contributed by atoms with Crippen LogP contribution >= 0.6 is 11.6 Å². The van der Waals surface area contributed by atoms with E-state index in [0.29, 0.717) is 29.0 Å². The smallest absolute Gasteiger partial charge is 0.247 e. The lowest BCUT2D eigenvalue weighted by Gasteiger charge is -2.22. The normalized spacial score (nSPS) is 14.8. The number of carbonyl (C=O) groups excluding carboxylic acids is 1. The summed E-state index contributed by atoms with van der Waals surface area (Å²) in [4.78, 5) is 21.8. The van der Waals surface area contributed by atoms with Crippen molar-refractivity contribution < 1.29 is 9.90 Å². The van der Waals surface area contributed by atoms with Crippen LogP contribution in [0.5, 0.6) is 0 Å². The minimum absolute atomic E-state index is 0.00354. The Morgan fingerprint density at radius 3 is 2.75 bits per heavy atom. The van der Waals surface area contributed by atoms with E-state index in [-0.39, 0.29) is 18.6 Å². The highest BCUT2D eigenvalue weighted by Crippen LogP contribution is 2.27. The molecule has 10 heteroatoms. The maximum Gasteiger partial charge on any atom is 0.247 e. The Bertz CT molecular complexity index is 1040. The first-order valence-corrected chi connectivity index (χ1v) is 11.0. The second-order valence-corrected chi connectivity index (χ2v) is 8.12. The zero-order valence-electron chi connectivity index (χ0n) is 17.5. The summed E-state index contributed by atoms with van der Waals surface area (Å²) in [5.74, 6) is 0.545. The highest BCUT2D eigenvalue weighted by atomic mass is 35.5. The SMILES string of the molecule is O=C(NC1CCCC1)C(Nc1nc(Nc2cnn(CCO)c2)ncc1Cl)c1ccccc1. The van der Waals surface area contributed by atoms with Gasteiger partial charge in [-0.05, 0) is 18.4 Å². The number of aliphatic hydroxyl groups is 1. The summed E-state index contributed by atoms with van der Waals surface area (Å²) in [5.41, 5.74) is 1.49. The zero-order valence-corrected chi connectivity index (χ0v) is 18.3. The lowest BCUT2D eigenvalue weighted by Crippen LogP contribution is -2.39. The molecule has 2 aromatic heterocycles. The summed E-state index contributed by atoms with van der Waals surface area (Å²) in [6.07, 6.45) is 9.10. The third-order valence-electron chi connectivity index (χ3n) is 5.34. The molecule has 1 aliphatic carbocycles. The molecule has 1 amide bonds. The van der Waals surface area contributed by atoms with Crippen LogP contribution in [0.25, 0.3) is 0 Å². The van der Waals surface area contributed by atoms with Crippen molar-refractivity contribution in [2.45, 2.75) is 44.3 Å². The van der Waals surface area contributed by atoms with Gasteiger partial charge in [-0.3, -0.25) is 9.48 Å². The molecular formula is C22H26ClN7O2. The Labute approximate surface area is 191 Å². The van der Waals surface area contributed by atoms with Crippen LogP contribution in [0.2, 0.25) is 5.02 Å². The van der Waals surface area contributed by atoms with E-state index in [0.717, 1.165) is 31.2 Å². The highest BCUT2D eigenvalue weighted by molar-refractivity contribution is 6.32. The van der Waals surface area contributed by atoms with Crippen LogP contribution in [0.3, 0.4) is 0 Å². The molecule has 2 heterocycles. The second kappa shape index (κ2) is 10.4. The van der Waals surface area contributed by atoms with Crippen LogP contribution in [0, 0.1) is 0 Å². The Balaban J connectivity index is 1.54. The molecule has 1 atom stereocenters. The number of rotatable bonds is 9. The quantitative estimate of drug-likeness (QED) is 0.391. The molecule has 1 aliphatic rings. The lowest BCUT2D eigenvalue weighted by molar-refractivity contribution is -0.122. The summed E-state index contributed by atoms with van der Waals surface area (Å²) < 4.78 is 1.61. The average molecular weight is 456 g/mol. The van der Waals surface area contributed by atoms with Gasteiger partial charge in [0.2, 0.25) is 11.9 Å². The number of benzene rings is 1. The lowest BCUT2D eigenvalue weighted by atomic mass is 10.1. The van der Waals surface area contributed by atoms with Gasteiger partial charge in [0.25, 0.3) is 0 Å². The zero-order chi connectivity index (χ0) is 22.3. The van der Waals surface area contributed by atoms with Gasteiger partial charge < -0.3 is 21.1 Å². The van der Waals surface area contributed by atoms with E-state index < -0.39 is 6.04 Å². The van der Waals surface area contributed by atoms with Gasteiger partial charge in [-0.1, -0.05) is 54.8 Å². The van der Waals surface area contributed by atoms with Gasteiger partial charge in [0, 0.05) is 12.2 Å². The molecule has 32 heavy (non-hydrogen) atoms. The number of aromatic nitrogens is 4. The van der Waals surface area contributed by atoms with Crippen molar-refractivity contribution in [2.24, 2.45) is 0 Å². The topological polar surface area (TPSA) is 117 Å². The largest absolute Gasteiger partial charge is 0.394 e. The molecule has 4 rings (SSSR count). The first-order valence-electron chi connectivity index (χ1n) is 10.7. The van der Waals surface area contributed by atoms with Crippen molar-refractivity contribution in [3.63, 3.8) is 0 Å². The molecular weight excluding hydrogens is 430 g/mol. The molecule has 1 unspecified atom stereocenters. The number of amides is 1. The summed E-state index contributed by atoms with van der Waals surface area (Å²) in [7, 11) is 0. The van der Waals surface area contributed by atoms with Gasteiger partial charge in [0.1, 0.15) is 11.1 Å². The first kappa shape index (κ1) is 22.0. The minimum Gasteiger partial charge on any atom is -0.394 e. The van der Waals surface area contributed by atoms with Crippen LogP contribution in [0.1, 0.15) is 37.3 Å². The van der Waals surface area contributed by atoms with E-state index in [4.69, 9.17) is 16.7 Å². The van der Waals surface area contributed by atoms with Crippen LogP contribution in [0.15, 0.2) is 48.9 Å². The molecule has 0 saturated heterocycles. The predicted octanol–water partition coefficient (Wildman–Crippen LogP) is 3.27. The van der Waals surface area contributed by atoms with Crippen LogP contribution in [-0.4, -0.2) is 43.4 Å². The van der Waals surface area contributed by atoms with Gasteiger partial charge >= 0.3 is 0 Å². The number of halogens is 1. The number of nitrogens with zero attached hydrogens (tertiary/aromatic N) is 4. The summed E-state index contributed by atoms with van der Waals surface area (Å²) in [6, 6.07) is 9.04. The Morgan fingerprint density at radius 2 is 2.00 bits per heavy atom. The Hall–Kier alpha value is -3.17. The number of carbonyl (C=O) groups is 1. The third-order valence-corrected chi connectivity index (χ3v) is 5.62. The van der Waals surface area contributed by atoms with E-state index in [2.05, 4.69) is 31.0 Å². The molecule has 1 saturated carbocycles. The number of hydrogen-bond acceptors (Lipinski definition) is 7. The van der Waals surface area contributed by atoms with E-state index >= 15 is 0 Å². The fraction of sp³-hybridized carbons (Fsp3) is 0.364. The number of hydrogen-bond donors (Lipinski definition) is 4. The summed E-state index contributed by atoms with van der Waals surface area (Å²) in [5, 5.41) is 22.9. The maximum atomic E-state index is 13.1. The fourth-order valence-corrected chi connectivity index (χ4v) is 3.89. The van der Waals surface area contributed by atoms with Crippen LogP contribution < -0.4 is 16.0 Å². The molecule has 1 aromatic carbocycles. The summed E-state index contributed by atoms with van der Waals surface area (Å²) >= 11 is 6.36. The molecule has 0 bridgehead atoms. The van der Waals surface area contributed by atoms with Crippen molar-refractivity contribution in [1.29, 1.82) is 0 Å². The highest BCUT2D eigenvalue weighted by Gasteiger charge is 2.26. The van der Waals surface area contributed by atoms with Crippen molar-refractivity contribution >= 4 is 35.0 Å². The first-order chi connectivity index (χ1) is 15.6. The number of aliphatic hydroxyl groups excluding tert-OH is 1. The van der Waals surface area contributed by atoms with Gasteiger partial charge in [-0.2, -0.15) is 10.1 Å². The second-order valence-electron chi connectivity index (χ2n) is 7.71. The van der Waals surface area contributed by atoms with Crippen LogP contribution in [-0.2, 0) is 11.3 Å². The minimum atomic E-state index is -0.649. The molecule has 4 N–H and O–H groups in total. The number of nitrogens with one attached hydrogen (secondary N) is 3. The van der Waals surface area contributed by atoms with E-state index in [1.807, 2.05) is 30.3 Å². The van der Waals surface area contributed by atoms with Crippen molar-refractivity contribution in [3.8, 4) is 0 Å². The van der Waals surface area contributed by atoms with E-state index in [1.165, 1.54) is 6.20 Å². The average Bonchev–Trinajstić information content (AvgIpc) is 3.47. The van der Waals surface area contributed by atoms with Crippen molar-refractivity contribution in [3.05, 3.63) is 59.5 Å². The molecule has 0 radical (unpaired) electrons. The molecule has 168 valence electrons. The molecule has 9 nitrogen and oxygen atoms in total. The standard InChI is InChI=1S/C22H26ClN7O2/c23-18-13-24-22(27-17-12-25-30(14-17)10-11-31)29-20(18)28-19(15-6-2-1-3-7-15)21(32)26-16-8-4-5-9-16/h1-3,6-7,12-14,16,19,31H,4-5,8-11H2,(H,26,32)(H2,24,27,28,29). The Kier molecular flexibility index (Phi) is 7.18. The molecule has 0 aliphatic heterocycles. The van der Waals surface area contributed by atoms with Gasteiger partial charge in [0.15, 0.2) is 5.82 Å². The van der Waals surface area contributed by atoms with Gasteiger partial charge in [-0.15, -0.1) is 0 Å². The van der Waals surface area contributed by atoms with Crippen molar-refractivity contribution in [1.82, 2.24) is 25.1 Å². The molecule has 3 aromatic rings. The molecule has 1 fully saturated rings. The predicted molar refractivity (Wildman–Crippen MR) is 123 cm³/mol. The van der Waals surface area contributed by atoms with Gasteiger partial charge in [-0.25, -0.2) is 4.98 Å². The van der Waals surface area contributed by atoms with Gasteiger partial charge in [0.05, 0.1) is 31.2 Å². The number of anilines is 3. The monoisotopic (exact) mass is 455 g/mol. The maximum absolute atomic E-state index is 13.1. The van der Waals surface area contributed by atoms with Crippen LogP contribution in [0.4, 0.5) is 17.5 Å².